The van der Waals surface area contributed by atoms with Crippen LogP contribution in [0.4, 0.5) is 0 Å². The molecule has 0 atom stereocenters. The van der Waals surface area contributed by atoms with Crippen LogP contribution < -0.4 is 15.4 Å². The number of guanidine groups is 1. The zero-order chi connectivity index (χ0) is 17.1. The van der Waals surface area contributed by atoms with Crippen LogP contribution in [0.15, 0.2) is 29.3 Å². The lowest BCUT2D eigenvalue weighted by Gasteiger charge is -2.11. The second-order valence-electron chi connectivity index (χ2n) is 5.08. The zero-order valence-electron chi connectivity index (χ0n) is 14.0. The van der Waals surface area contributed by atoms with Gasteiger partial charge in [0, 0.05) is 31.2 Å². The van der Waals surface area contributed by atoms with Gasteiger partial charge in [0.25, 0.3) is 0 Å². The van der Waals surface area contributed by atoms with Gasteiger partial charge in [-0.05, 0) is 37.5 Å². The van der Waals surface area contributed by atoms with Gasteiger partial charge in [-0.15, -0.1) is 24.0 Å². The number of sulfonamides is 1. The van der Waals surface area contributed by atoms with Gasteiger partial charge in [-0.1, -0.05) is 23.7 Å². The molecule has 6 nitrogen and oxygen atoms in total. The van der Waals surface area contributed by atoms with Crippen LogP contribution in [-0.2, 0) is 16.4 Å². The third-order valence-electron chi connectivity index (χ3n) is 2.93. The van der Waals surface area contributed by atoms with Crippen molar-refractivity contribution in [1.29, 1.82) is 0 Å². The highest BCUT2D eigenvalue weighted by Crippen LogP contribution is 2.09. The van der Waals surface area contributed by atoms with Gasteiger partial charge in [0.05, 0.1) is 6.26 Å². The second-order valence-corrected chi connectivity index (χ2v) is 7.35. The van der Waals surface area contributed by atoms with Crippen molar-refractivity contribution in [3.05, 3.63) is 34.9 Å². The Hall–Kier alpha value is -0.580. The smallest absolute Gasteiger partial charge is 0.208 e. The van der Waals surface area contributed by atoms with Gasteiger partial charge in [-0.25, -0.2) is 13.1 Å². The predicted molar refractivity (Wildman–Crippen MR) is 112 cm³/mol. The summed E-state index contributed by atoms with van der Waals surface area (Å²) in [7, 11) is -3.12. The van der Waals surface area contributed by atoms with Crippen LogP contribution >= 0.6 is 35.6 Å². The monoisotopic (exact) mass is 488 g/mol. The minimum Gasteiger partial charge on any atom is -0.357 e. The first-order valence-corrected chi connectivity index (χ1v) is 9.89. The van der Waals surface area contributed by atoms with Crippen molar-refractivity contribution in [2.45, 2.75) is 19.8 Å². The number of rotatable bonds is 9. The molecule has 3 N–H and O–H groups in total. The fourth-order valence-electron chi connectivity index (χ4n) is 1.85. The highest BCUT2D eigenvalue weighted by Gasteiger charge is 2.00. The van der Waals surface area contributed by atoms with Crippen molar-refractivity contribution in [2.24, 2.45) is 4.99 Å². The number of nitrogens with zero attached hydrogens (tertiary/aromatic N) is 1. The maximum atomic E-state index is 10.9. The lowest BCUT2D eigenvalue weighted by atomic mass is 10.1. The van der Waals surface area contributed by atoms with Gasteiger partial charge in [0.1, 0.15) is 0 Å². The number of hydrogen-bond acceptors (Lipinski definition) is 3. The van der Waals surface area contributed by atoms with E-state index in [1.807, 2.05) is 31.2 Å². The molecule has 0 aliphatic carbocycles. The van der Waals surface area contributed by atoms with Crippen LogP contribution in [0.3, 0.4) is 0 Å². The molecule has 9 heteroatoms. The first kappa shape index (κ1) is 23.4. The minimum absolute atomic E-state index is 0. The fourth-order valence-corrected chi connectivity index (χ4v) is 2.49. The molecule has 1 aromatic rings. The second kappa shape index (κ2) is 12.7. The molecule has 0 aliphatic heterocycles. The van der Waals surface area contributed by atoms with Crippen molar-refractivity contribution < 1.29 is 8.42 Å². The summed E-state index contributed by atoms with van der Waals surface area (Å²) in [5.74, 6) is 0.737. The van der Waals surface area contributed by atoms with Crippen molar-refractivity contribution in [2.75, 3.05) is 32.4 Å². The lowest BCUT2D eigenvalue weighted by Crippen LogP contribution is -2.38. The van der Waals surface area contributed by atoms with Gasteiger partial charge in [-0.3, -0.25) is 4.99 Å². The third kappa shape index (κ3) is 11.9. The largest absolute Gasteiger partial charge is 0.357 e. The Morgan fingerprint density at radius 3 is 2.42 bits per heavy atom. The molecule has 0 bridgehead atoms. The molecule has 0 amide bonds. The molecule has 0 saturated carbocycles. The number of halogens is 2. The van der Waals surface area contributed by atoms with Crippen LogP contribution in [-0.4, -0.2) is 46.8 Å². The number of hydrogen-bond donors (Lipinski definition) is 3. The molecule has 0 spiro atoms. The average Bonchev–Trinajstić information content (AvgIpc) is 2.47. The summed E-state index contributed by atoms with van der Waals surface area (Å²) in [6.45, 7) is 4.48. The Morgan fingerprint density at radius 1 is 1.17 bits per heavy atom. The Labute approximate surface area is 166 Å². The molecular weight excluding hydrogens is 463 g/mol. The van der Waals surface area contributed by atoms with Crippen LogP contribution in [0.25, 0.3) is 0 Å². The number of nitrogens with one attached hydrogen (secondary N) is 3. The topological polar surface area (TPSA) is 82.6 Å². The summed E-state index contributed by atoms with van der Waals surface area (Å²) >= 11 is 5.86. The first-order valence-electron chi connectivity index (χ1n) is 7.62. The van der Waals surface area contributed by atoms with E-state index in [0.717, 1.165) is 36.7 Å². The zero-order valence-corrected chi connectivity index (χ0v) is 17.9. The number of aliphatic imine (C=N–C) groups is 1. The Balaban J connectivity index is 0.00000529. The van der Waals surface area contributed by atoms with Crippen molar-refractivity contribution in [3.8, 4) is 0 Å². The summed E-state index contributed by atoms with van der Waals surface area (Å²) in [5, 5.41) is 7.16. The highest BCUT2D eigenvalue weighted by molar-refractivity contribution is 14.0. The van der Waals surface area contributed by atoms with Gasteiger partial charge in [0.2, 0.25) is 10.0 Å². The van der Waals surface area contributed by atoms with E-state index in [1.54, 1.807) is 0 Å². The van der Waals surface area contributed by atoms with Gasteiger partial charge >= 0.3 is 0 Å². The molecule has 0 aromatic heterocycles. The maximum Gasteiger partial charge on any atom is 0.208 e. The molecule has 0 fully saturated rings. The predicted octanol–water partition coefficient (Wildman–Crippen LogP) is 1.99. The summed E-state index contributed by atoms with van der Waals surface area (Å²) in [4.78, 5) is 4.42. The van der Waals surface area contributed by atoms with E-state index in [-0.39, 0.29) is 24.0 Å². The lowest BCUT2D eigenvalue weighted by molar-refractivity contribution is 0.585. The molecule has 138 valence electrons. The van der Waals surface area contributed by atoms with E-state index in [1.165, 1.54) is 5.56 Å². The fraction of sp³-hybridized carbons (Fsp3) is 0.533. The van der Waals surface area contributed by atoms with Crippen LogP contribution in [0, 0.1) is 0 Å². The van der Waals surface area contributed by atoms with E-state index in [4.69, 9.17) is 11.6 Å². The molecule has 0 saturated heterocycles. The molecular formula is C15H26ClIN4O2S. The molecule has 24 heavy (non-hydrogen) atoms. The summed E-state index contributed by atoms with van der Waals surface area (Å²) in [5.41, 5.74) is 1.20. The Morgan fingerprint density at radius 2 is 1.83 bits per heavy atom. The van der Waals surface area contributed by atoms with E-state index in [9.17, 15) is 8.42 Å². The molecule has 1 aromatic carbocycles. The van der Waals surface area contributed by atoms with E-state index < -0.39 is 10.0 Å². The van der Waals surface area contributed by atoms with E-state index in [2.05, 4.69) is 20.3 Å². The molecule has 0 radical (unpaired) electrons. The average molecular weight is 489 g/mol. The number of benzene rings is 1. The summed E-state index contributed by atoms with van der Waals surface area (Å²) in [6.07, 6.45) is 2.68. The molecule has 1 rings (SSSR count). The van der Waals surface area contributed by atoms with Crippen LogP contribution in [0.5, 0.6) is 0 Å². The van der Waals surface area contributed by atoms with Gasteiger partial charge in [-0.2, -0.15) is 0 Å². The van der Waals surface area contributed by atoms with Crippen molar-refractivity contribution in [3.63, 3.8) is 0 Å². The molecule has 0 aliphatic rings. The maximum absolute atomic E-state index is 10.9. The minimum atomic E-state index is -3.12. The van der Waals surface area contributed by atoms with E-state index >= 15 is 0 Å². The standard InChI is InChI=1S/C15H25ClN4O2S.HI/c1-3-17-15(18-10-4-11-20-23(2,21)22)19-12-9-13-5-7-14(16)8-6-13;/h5-8,20H,3-4,9-12H2,1-2H3,(H2,17,18,19);1H. The third-order valence-corrected chi connectivity index (χ3v) is 3.91. The molecule has 0 heterocycles. The highest BCUT2D eigenvalue weighted by atomic mass is 127. The normalized spacial score (nSPS) is 11.7. The van der Waals surface area contributed by atoms with Gasteiger partial charge < -0.3 is 10.6 Å². The van der Waals surface area contributed by atoms with Crippen molar-refractivity contribution in [1.82, 2.24) is 15.4 Å². The first-order chi connectivity index (χ1) is 10.9. The quantitative estimate of drug-likeness (QED) is 0.215. The van der Waals surface area contributed by atoms with Crippen molar-refractivity contribution >= 4 is 51.6 Å². The Bertz CT molecular complexity index is 594. The Kier molecular flexibility index (Phi) is 12.4. The van der Waals surface area contributed by atoms with Gasteiger partial charge in [0.15, 0.2) is 5.96 Å². The molecule has 0 unspecified atom stereocenters. The van der Waals surface area contributed by atoms with Crippen LogP contribution in [0.2, 0.25) is 5.02 Å². The van der Waals surface area contributed by atoms with Crippen LogP contribution in [0.1, 0.15) is 18.9 Å². The SMILES string of the molecule is CCNC(=NCCCNS(C)(=O)=O)NCCc1ccc(Cl)cc1.I. The summed E-state index contributed by atoms with van der Waals surface area (Å²) < 4.78 is 24.3. The summed E-state index contributed by atoms with van der Waals surface area (Å²) in [6, 6.07) is 7.77. The van der Waals surface area contributed by atoms with E-state index in [0.29, 0.717) is 19.5 Å².